The number of carbonyl (C=O) groups is 2. The second-order valence-corrected chi connectivity index (χ2v) is 7.21. The van der Waals surface area contributed by atoms with E-state index < -0.39 is 0 Å². The molecular weight excluding hydrogens is 366 g/mol. The molecule has 0 aliphatic heterocycles. The minimum atomic E-state index is -0.215. The molecule has 0 atom stereocenters. The summed E-state index contributed by atoms with van der Waals surface area (Å²) in [6, 6.07) is 13.5. The van der Waals surface area contributed by atoms with Gasteiger partial charge in [0.1, 0.15) is 12.3 Å². The number of Topliss-reactive ketones (excluding diaryl/α,β-unsaturated/α-hetero) is 1. The number of aryl methyl sites for hydroxylation is 1. The van der Waals surface area contributed by atoms with E-state index >= 15 is 0 Å². The molecule has 4 rings (SSSR count). The maximum atomic E-state index is 12.7. The van der Waals surface area contributed by atoms with Gasteiger partial charge in [0.05, 0.1) is 0 Å². The van der Waals surface area contributed by atoms with Gasteiger partial charge in [-0.05, 0) is 42.5 Å². The smallest absolute Gasteiger partial charge is 0.268 e. The number of nitrogens with one attached hydrogen (secondary N) is 2. The van der Waals surface area contributed by atoms with Crippen molar-refractivity contribution in [3.05, 3.63) is 82.3 Å². The van der Waals surface area contributed by atoms with Gasteiger partial charge in [0, 0.05) is 36.5 Å². The standard InChI is InChI=1S/C23H23N3O3/c1-15-21-18(8-5-9-19(21)27)26-22(15)23(28)25-13-17-10-11-24-20(12-17)29-14-16-6-3-2-4-7-16/h2-4,6-7,10-12,26H,5,8-9,13-14H2,1H3,(H,25,28). The van der Waals surface area contributed by atoms with Gasteiger partial charge >= 0.3 is 0 Å². The lowest BCUT2D eigenvalue weighted by Crippen LogP contribution is -2.24. The average Bonchev–Trinajstić information content (AvgIpc) is 3.09. The molecule has 1 aromatic carbocycles. The van der Waals surface area contributed by atoms with Gasteiger partial charge in [0.25, 0.3) is 5.91 Å². The van der Waals surface area contributed by atoms with Crippen molar-refractivity contribution in [1.82, 2.24) is 15.3 Å². The van der Waals surface area contributed by atoms with Crippen LogP contribution in [0.2, 0.25) is 0 Å². The molecule has 0 bridgehead atoms. The van der Waals surface area contributed by atoms with Crippen LogP contribution < -0.4 is 10.1 Å². The number of carbonyl (C=O) groups excluding carboxylic acids is 2. The van der Waals surface area contributed by atoms with Gasteiger partial charge in [0.2, 0.25) is 5.88 Å². The number of rotatable bonds is 6. The lowest BCUT2D eigenvalue weighted by Gasteiger charge is -2.09. The van der Waals surface area contributed by atoms with Crippen molar-refractivity contribution < 1.29 is 14.3 Å². The number of H-pyrrole nitrogens is 1. The number of ether oxygens (including phenoxy) is 1. The van der Waals surface area contributed by atoms with Crippen LogP contribution in [0.3, 0.4) is 0 Å². The lowest BCUT2D eigenvalue weighted by atomic mass is 9.94. The Hall–Kier alpha value is -3.41. The second-order valence-electron chi connectivity index (χ2n) is 7.21. The maximum absolute atomic E-state index is 12.7. The van der Waals surface area contributed by atoms with Crippen molar-refractivity contribution >= 4 is 11.7 Å². The van der Waals surface area contributed by atoms with Crippen LogP contribution in [0.15, 0.2) is 48.7 Å². The zero-order chi connectivity index (χ0) is 20.2. The van der Waals surface area contributed by atoms with Gasteiger partial charge in [-0.1, -0.05) is 30.3 Å². The van der Waals surface area contributed by atoms with Crippen molar-refractivity contribution in [1.29, 1.82) is 0 Å². The first kappa shape index (κ1) is 18.9. The van der Waals surface area contributed by atoms with Crippen molar-refractivity contribution in [3.8, 4) is 5.88 Å². The Morgan fingerprint density at radius 1 is 1.17 bits per heavy atom. The van der Waals surface area contributed by atoms with E-state index in [2.05, 4.69) is 15.3 Å². The number of aromatic nitrogens is 2. The third-order valence-corrected chi connectivity index (χ3v) is 5.15. The van der Waals surface area contributed by atoms with E-state index in [-0.39, 0.29) is 11.7 Å². The molecule has 0 spiro atoms. The highest BCUT2D eigenvalue weighted by Gasteiger charge is 2.26. The molecule has 1 amide bonds. The van der Waals surface area contributed by atoms with E-state index in [1.165, 1.54) is 0 Å². The molecule has 6 nitrogen and oxygen atoms in total. The number of ketones is 1. The molecule has 1 aliphatic rings. The SMILES string of the molecule is Cc1c(C(=O)NCc2ccnc(OCc3ccccc3)c2)[nH]c2c1C(=O)CCC2. The molecule has 3 aromatic rings. The van der Waals surface area contributed by atoms with E-state index in [0.717, 1.165) is 35.2 Å². The Kier molecular flexibility index (Phi) is 5.42. The Bertz CT molecular complexity index is 1040. The van der Waals surface area contributed by atoms with E-state index in [1.807, 2.05) is 49.4 Å². The Balaban J connectivity index is 1.39. The van der Waals surface area contributed by atoms with Crippen molar-refractivity contribution in [2.75, 3.05) is 0 Å². The van der Waals surface area contributed by atoms with Crippen LogP contribution in [0.4, 0.5) is 0 Å². The summed E-state index contributed by atoms with van der Waals surface area (Å²) >= 11 is 0. The lowest BCUT2D eigenvalue weighted by molar-refractivity contribution is 0.0944. The second kappa shape index (κ2) is 8.31. The molecule has 1 aliphatic carbocycles. The number of hydrogen-bond donors (Lipinski definition) is 2. The molecule has 2 heterocycles. The molecule has 2 aromatic heterocycles. The van der Waals surface area contributed by atoms with Crippen LogP contribution >= 0.6 is 0 Å². The predicted octanol–water partition coefficient (Wildman–Crippen LogP) is 3.75. The molecular formula is C23H23N3O3. The molecule has 2 N–H and O–H groups in total. The molecule has 0 radical (unpaired) electrons. The van der Waals surface area contributed by atoms with Crippen LogP contribution in [-0.4, -0.2) is 21.7 Å². The first-order chi connectivity index (χ1) is 14.1. The highest BCUT2D eigenvalue weighted by atomic mass is 16.5. The quantitative estimate of drug-likeness (QED) is 0.673. The summed E-state index contributed by atoms with van der Waals surface area (Å²) in [4.78, 5) is 32.2. The Labute approximate surface area is 169 Å². The number of pyridine rings is 1. The van der Waals surface area contributed by atoms with Crippen LogP contribution in [0.5, 0.6) is 5.88 Å². The molecule has 0 unspecified atom stereocenters. The zero-order valence-electron chi connectivity index (χ0n) is 16.3. The fourth-order valence-corrected chi connectivity index (χ4v) is 3.64. The summed E-state index contributed by atoms with van der Waals surface area (Å²) in [6.45, 7) is 2.61. The summed E-state index contributed by atoms with van der Waals surface area (Å²) in [5.41, 5.74) is 4.74. The number of amides is 1. The van der Waals surface area contributed by atoms with Crippen molar-refractivity contribution in [2.24, 2.45) is 0 Å². The predicted molar refractivity (Wildman–Crippen MR) is 109 cm³/mol. The molecule has 0 fully saturated rings. The molecule has 6 heteroatoms. The number of hydrogen-bond acceptors (Lipinski definition) is 4. The number of fused-ring (bicyclic) bond motifs is 1. The fourth-order valence-electron chi connectivity index (χ4n) is 3.64. The van der Waals surface area contributed by atoms with Crippen molar-refractivity contribution in [2.45, 2.75) is 39.3 Å². The normalized spacial score (nSPS) is 13.1. The summed E-state index contributed by atoms with van der Waals surface area (Å²) in [6.07, 6.45) is 3.85. The first-order valence-electron chi connectivity index (χ1n) is 9.76. The van der Waals surface area contributed by atoms with Gasteiger partial charge in [-0.3, -0.25) is 9.59 Å². The highest BCUT2D eigenvalue weighted by molar-refractivity contribution is 6.04. The number of aromatic amines is 1. The van der Waals surface area contributed by atoms with E-state index in [0.29, 0.717) is 36.7 Å². The largest absolute Gasteiger partial charge is 0.473 e. The zero-order valence-corrected chi connectivity index (χ0v) is 16.3. The number of nitrogens with zero attached hydrogens (tertiary/aromatic N) is 1. The van der Waals surface area contributed by atoms with Gasteiger partial charge in [-0.25, -0.2) is 4.98 Å². The third kappa shape index (κ3) is 4.21. The maximum Gasteiger partial charge on any atom is 0.268 e. The average molecular weight is 389 g/mol. The summed E-state index contributed by atoms with van der Waals surface area (Å²) in [5.74, 6) is 0.416. The third-order valence-electron chi connectivity index (χ3n) is 5.15. The minimum absolute atomic E-state index is 0.119. The number of benzene rings is 1. The Morgan fingerprint density at radius 2 is 2.00 bits per heavy atom. The van der Waals surface area contributed by atoms with Crippen LogP contribution in [-0.2, 0) is 19.6 Å². The minimum Gasteiger partial charge on any atom is -0.473 e. The molecule has 0 saturated carbocycles. The van der Waals surface area contributed by atoms with Gasteiger partial charge < -0.3 is 15.0 Å². The summed E-state index contributed by atoms with van der Waals surface area (Å²) < 4.78 is 5.74. The first-order valence-corrected chi connectivity index (χ1v) is 9.76. The Morgan fingerprint density at radius 3 is 2.79 bits per heavy atom. The topological polar surface area (TPSA) is 84.1 Å². The fraction of sp³-hybridized carbons (Fsp3) is 0.261. The van der Waals surface area contributed by atoms with E-state index in [4.69, 9.17) is 4.74 Å². The monoisotopic (exact) mass is 389 g/mol. The van der Waals surface area contributed by atoms with Crippen molar-refractivity contribution in [3.63, 3.8) is 0 Å². The van der Waals surface area contributed by atoms with Gasteiger partial charge in [-0.15, -0.1) is 0 Å². The van der Waals surface area contributed by atoms with Gasteiger partial charge in [-0.2, -0.15) is 0 Å². The van der Waals surface area contributed by atoms with Crippen LogP contribution in [0, 0.1) is 6.92 Å². The summed E-state index contributed by atoms with van der Waals surface area (Å²) in [7, 11) is 0. The molecule has 0 saturated heterocycles. The van der Waals surface area contributed by atoms with E-state index in [1.54, 1.807) is 6.20 Å². The van der Waals surface area contributed by atoms with Crippen LogP contribution in [0.1, 0.15) is 56.1 Å². The summed E-state index contributed by atoms with van der Waals surface area (Å²) in [5, 5.41) is 2.92. The molecule has 148 valence electrons. The van der Waals surface area contributed by atoms with Crippen LogP contribution in [0.25, 0.3) is 0 Å². The molecule has 29 heavy (non-hydrogen) atoms. The van der Waals surface area contributed by atoms with Gasteiger partial charge in [0.15, 0.2) is 5.78 Å². The highest BCUT2D eigenvalue weighted by Crippen LogP contribution is 2.26. The van der Waals surface area contributed by atoms with E-state index in [9.17, 15) is 9.59 Å².